The fourth-order valence-corrected chi connectivity index (χ4v) is 5.21. The van der Waals surface area contributed by atoms with Crippen LogP contribution >= 0.6 is 15.9 Å². The van der Waals surface area contributed by atoms with E-state index >= 15 is 0 Å². The molecule has 0 spiro atoms. The van der Waals surface area contributed by atoms with Crippen molar-refractivity contribution in [1.29, 1.82) is 5.26 Å². The molecule has 2 aromatic rings. The van der Waals surface area contributed by atoms with E-state index < -0.39 is 5.91 Å². The molecular weight excluding hydrogens is 450 g/mol. The lowest BCUT2D eigenvalue weighted by Gasteiger charge is -2.50. The van der Waals surface area contributed by atoms with Gasteiger partial charge >= 0.3 is 0 Å². The number of nitriles is 1. The molecule has 5 heteroatoms. The van der Waals surface area contributed by atoms with Crippen molar-refractivity contribution >= 4 is 39.3 Å². The van der Waals surface area contributed by atoms with Gasteiger partial charge in [-0.25, -0.2) is 0 Å². The minimum atomic E-state index is -0.407. The van der Waals surface area contributed by atoms with Crippen LogP contribution in [0.25, 0.3) is 6.08 Å². The molecule has 0 bridgehead atoms. The third-order valence-electron chi connectivity index (χ3n) is 5.93. The van der Waals surface area contributed by atoms with Crippen LogP contribution in [0.2, 0.25) is 0 Å². The summed E-state index contributed by atoms with van der Waals surface area (Å²) in [6.45, 7) is 13.4. The Bertz CT molecular complexity index is 1080. The molecule has 3 rings (SSSR count). The molecule has 1 N–H and O–H groups in total. The van der Waals surface area contributed by atoms with E-state index in [1.807, 2.05) is 19.1 Å². The van der Waals surface area contributed by atoms with E-state index in [-0.39, 0.29) is 11.1 Å². The summed E-state index contributed by atoms with van der Waals surface area (Å²) < 4.78 is 0.866. The Morgan fingerprint density at radius 2 is 2.03 bits per heavy atom. The number of rotatable bonds is 4. The first-order chi connectivity index (χ1) is 14.5. The monoisotopic (exact) mass is 479 g/mol. The maximum absolute atomic E-state index is 12.7. The highest BCUT2D eigenvalue weighted by Crippen LogP contribution is 2.45. The quantitative estimate of drug-likeness (QED) is 0.387. The van der Waals surface area contributed by atoms with E-state index in [2.05, 4.69) is 79.0 Å². The summed E-state index contributed by atoms with van der Waals surface area (Å²) in [5, 5.41) is 12.5. The molecule has 162 valence electrons. The minimum absolute atomic E-state index is 0.0754. The summed E-state index contributed by atoms with van der Waals surface area (Å²) in [5.41, 5.74) is 5.30. The van der Waals surface area contributed by atoms with E-state index in [0.717, 1.165) is 22.0 Å². The summed E-state index contributed by atoms with van der Waals surface area (Å²) in [7, 11) is 0. The maximum atomic E-state index is 12.7. The number of anilines is 2. The topological polar surface area (TPSA) is 56.1 Å². The lowest BCUT2D eigenvalue weighted by molar-refractivity contribution is -0.112. The van der Waals surface area contributed by atoms with Crippen LogP contribution in [-0.2, 0) is 4.79 Å². The molecule has 2 aromatic carbocycles. The van der Waals surface area contributed by atoms with E-state index in [1.165, 1.54) is 11.3 Å². The van der Waals surface area contributed by atoms with Crippen molar-refractivity contribution in [3.05, 3.63) is 63.1 Å². The molecule has 4 nitrogen and oxygen atoms in total. The number of carbonyl (C=O) groups is 1. The molecule has 1 aliphatic heterocycles. The van der Waals surface area contributed by atoms with Gasteiger partial charge in [0.05, 0.1) is 0 Å². The number of hydrogen-bond acceptors (Lipinski definition) is 3. The molecule has 0 radical (unpaired) electrons. The number of amides is 1. The molecule has 1 amide bonds. The SMILES string of the molecule is Cc1cc2c(cc1/C=C(/C#N)C(=O)Nc1cccc(Br)c1)[C@@H](C)CC(C)(C)N2C(C)C. The molecule has 1 aliphatic rings. The van der Waals surface area contributed by atoms with Gasteiger partial charge in [-0.15, -0.1) is 0 Å². The van der Waals surface area contributed by atoms with E-state index in [0.29, 0.717) is 17.6 Å². The van der Waals surface area contributed by atoms with Crippen molar-refractivity contribution in [3.8, 4) is 6.07 Å². The molecule has 0 saturated carbocycles. The number of nitrogens with one attached hydrogen (secondary N) is 1. The van der Waals surface area contributed by atoms with Gasteiger partial charge in [-0.2, -0.15) is 5.26 Å². The third-order valence-corrected chi connectivity index (χ3v) is 6.42. The summed E-state index contributed by atoms with van der Waals surface area (Å²) in [5.74, 6) is -0.00973. The number of benzene rings is 2. The highest BCUT2D eigenvalue weighted by Gasteiger charge is 2.37. The Labute approximate surface area is 194 Å². The predicted octanol–water partition coefficient (Wildman–Crippen LogP) is 6.80. The number of carbonyl (C=O) groups excluding carboxylic acids is 1. The first-order valence-electron chi connectivity index (χ1n) is 10.7. The van der Waals surface area contributed by atoms with Gasteiger partial charge in [-0.1, -0.05) is 28.9 Å². The van der Waals surface area contributed by atoms with Gasteiger partial charge < -0.3 is 10.2 Å². The zero-order valence-corrected chi connectivity index (χ0v) is 20.7. The first-order valence-corrected chi connectivity index (χ1v) is 11.5. The Morgan fingerprint density at radius 3 is 2.65 bits per heavy atom. The number of hydrogen-bond donors (Lipinski definition) is 1. The normalized spacial score (nSPS) is 17.8. The van der Waals surface area contributed by atoms with Crippen LogP contribution in [0.15, 0.2) is 46.4 Å². The molecular formula is C26H30BrN3O. The summed E-state index contributed by atoms with van der Waals surface area (Å²) in [6.07, 6.45) is 2.76. The standard InChI is InChI=1S/C26H30BrN3O/c1-16(2)30-24-10-17(3)19(12-23(24)18(4)14-26(30,5)6)11-20(15-28)25(31)29-22-9-7-8-21(27)13-22/h7-13,16,18H,14H2,1-6H3,(H,29,31)/b20-11-/t18-/m0/s1. The van der Waals surface area contributed by atoms with Crippen molar-refractivity contribution in [3.63, 3.8) is 0 Å². The Hall–Kier alpha value is -2.58. The summed E-state index contributed by atoms with van der Waals surface area (Å²) >= 11 is 3.40. The first kappa shape index (κ1) is 23.1. The van der Waals surface area contributed by atoms with Crippen LogP contribution in [0.4, 0.5) is 11.4 Å². The highest BCUT2D eigenvalue weighted by molar-refractivity contribution is 9.10. The van der Waals surface area contributed by atoms with Gasteiger partial charge in [0, 0.05) is 27.4 Å². The van der Waals surface area contributed by atoms with Crippen molar-refractivity contribution in [2.75, 3.05) is 10.2 Å². The van der Waals surface area contributed by atoms with Crippen LogP contribution in [0.1, 0.15) is 63.6 Å². The van der Waals surface area contributed by atoms with Crippen LogP contribution in [0.3, 0.4) is 0 Å². The van der Waals surface area contributed by atoms with Gasteiger partial charge in [-0.05, 0) is 100 Å². The van der Waals surface area contributed by atoms with E-state index in [4.69, 9.17) is 0 Å². The summed E-state index contributed by atoms with van der Waals surface area (Å²) in [4.78, 5) is 15.2. The van der Waals surface area contributed by atoms with E-state index in [9.17, 15) is 10.1 Å². The van der Waals surface area contributed by atoms with Crippen LogP contribution in [0.5, 0.6) is 0 Å². The lowest BCUT2D eigenvalue weighted by Crippen LogP contribution is -2.51. The van der Waals surface area contributed by atoms with Crippen molar-refractivity contribution in [2.45, 2.75) is 65.5 Å². The Morgan fingerprint density at radius 1 is 1.32 bits per heavy atom. The van der Waals surface area contributed by atoms with Crippen LogP contribution < -0.4 is 10.2 Å². The molecule has 31 heavy (non-hydrogen) atoms. The molecule has 0 unspecified atom stereocenters. The molecule has 0 fully saturated rings. The number of fused-ring (bicyclic) bond motifs is 1. The second-order valence-electron chi connectivity index (χ2n) is 9.28. The smallest absolute Gasteiger partial charge is 0.266 e. The van der Waals surface area contributed by atoms with Crippen molar-refractivity contribution in [2.24, 2.45) is 0 Å². The van der Waals surface area contributed by atoms with Gasteiger partial charge in [0.2, 0.25) is 0 Å². The van der Waals surface area contributed by atoms with Gasteiger partial charge in [0.1, 0.15) is 11.6 Å². The minimum Gasteiger partial charge on any atom is -0.364 e. The fourth-order valence-electron chi connectivity index (χ4n) is 4.82. The zero-order valence-electron chi connectivity index (χ0n) is 19.1. The molecule has 0 saturated heterocycles. The van der Waals surface area contributed by atoms with Crippen molar-refractivity contribution in [1.82, 2.24) is 0 Å². The van der Waals surface area contributed by atoms with Gasteiger partial charge in [0.25, 0.3) is 5.91 Å². The lowest BCUT2D eigenvalue weighted by atomic mass is 9.78. The number of nitrogens with zero attached hydrogens (tertiary/aromatic N) is 2. The highest BCUT2D eigenvalue weighted by atomic mass is 79.9. The maximum Gasteiger partial charge on any atom is 0.266 e. The largest absolute Gasteiger partial charge is 0.364 e. The molecule has 1 atom stereocenters. The fraction of sp³-hybridized carbons (Fsp3) is 0.385. The van der Waals surface area contributed by atoms with Crippen LogP contribution in [0, 0.1) is 18.3 Å². The molecule has 0 aliphatic carbocycles. The van der Waals surface area contributed by atoms with E-state index in [1.54, 1.807) is 18.2 Å². The Balaban J connectivity index is 1.99. The Kier molecular flexibility index (Phi) is 6.62. The second-order valence-corrected chi connectivity index (χ2v) is 10.2. The average molecular weight is 480 g/mol. The van der Waals surface area contributed by atoms with Crippen molar-refractivity contribution < 1.29 is 4.79 Å². The van der Waals surface area contributed by atoms with Gasteiger partial charge in [-0.3, -0.25) is 4.79 Å². The number of halogens is 1. The van der Waals surface area contributed by atoms with Crippen LogP contribution in [-0.4, -0.2) is 17.5 Å². The third kappa shape index (κ3) is 4.85. The average Bonchev–Trinajstić information content (AvgIpc) is 2.65. The second kappa shape index (κ2) is 8.88. The molecule has 0 aromatic heterocycles. The summed E-state index contributed by atoms with van der Waals surface area (Å²) in [6, 6.07) is 14.1. The number of aryl methyl sites for hydroxylation is 1. The van der Waals surface area contributed by atoms with Gasteiger partial charge in [0.15, 0.2) is 0 Å². The zero-order chi connectivity index (χ0) is 22.9. The predicted molar refractivity (Wildman–Crippen MR) is 132 cm³/mol. The molecule has 1 heterocycles.